The zero-order chi connectivity index (χ0) is 22.7. The number of benzene rings is 1. The molecule has 32 heavy (non-hydrogen) atoms. The lowest BCUT2D eigenvalue weighted by Gasteiger charge is -2.34. The van der Waals surface area contributed by atoms with E-state index in [9.17, 15) is 9.59 Å². The molecule has 3 aromatic rings. The quantitative estimate of drug-likeness (QED) is 0.620. The van der Waals surface area contributed by atoms with Gasteiger partial charge in [0.05, 0.1) is 5.69 Å². The Kier molecular flexibility index (Phi) is 6.51. The second-order valence-corrected chi connectivity index (χ2v) is 8.69. The summed E-state index contributed by atoms with van der Waals surface area (Å²) in [5.74, 6) is 0.180. The van der Waals surface area contributed by atoms with Crippen molar-refractivity contribution < 1.29 is 4.79 Å². The predicted molar refractivity (Wildman–Crippen MR) is 126 cm³/mol. The Morgan fingerprint density at radius 2 is 1.81 bits per heavy atom. The standard InChI is InChI=1S/C26H30N4O2/c1-19(2)21-7-6-9-23(17-21)30-12-10-20(3)24(26(30)32)25(31)29-15-13-28(14-16-29)18-22-8-4-5-11-27-22/h4-12,17,19H,13-16,18H2,1-3H3. The third kappa shape index (κ3) is 4.65. The molecule has 1 aliphatic heterocycles. The van der Waals surface area contributed by atoms with Crippen LogP contribution in [0.2, 0.25) is 0 Å². The first kappa shape index (κ1) is 22.0. The molecule has 0 atom stereocenters. The molecule has 2 aromatic heterocycles. The molecular weight excluding hydrogens is 400 g/mol. The molecule has 0 saturated carbocycles. The number of aromatic nitrogens is 2. The highest BCUT2D eigenvalue weighted by molar-refractivity contribution is 5.95. The number of pyridine rings is 2. The number of carbonyl (C=O) groups excluding carboxylic acids is 1. The Hall–Kier alpha value is -3.25. The van der Waals surface area contributed by atoms with Gasteiger partial charge in [-0.05, 0) is 54.3 Å². The van der Waals surface area contributed by atoms with Crippen LogP contribution in [0.25, 0.3) is 5.69 Å². The highest BCUT2D eigenvalue weighted by atomic mass is 16.2. The first-order valence-electron chi connectivity index (χ1n) is 11.2. The van der Waals surface area contributed by atoms with Crippen LogP contribution in [-0.4, -0.2) is 51.4 Å². The van der Waals surface area contributed by atoms with Crippen LogP contribution in [0.4, 0.5) is 0 Å². The van der Waals surface area contributed by atoms with Gasteiger partial charge in [-0.25, -0.2) is 0 Å². The maximum Gasteiger partial charge on any atom is 0.268 e. The SMILES string of the molecule is Cc1ccn(-c2cccc(C(C)C)c2)c(=O)c1C(=O)N1CCN(Cc2ccccn2)CC1. The highest BCUT2D eigenvalue weighted by Gasteiger charge is 2.26. The maximum atomic E-state index is 13.4. The number of aryl methyl sites for hydroxylation is 1. The number of amides is 1. The van der Waals surface area contributed by atoms with Crippen molar-refractivity contribution in [3.63, 3.8) is 0 Å². The first-order valence-corrected chi connectivity index (χ1v) is 11.2. The van der Waals surface area contributed by atoms with Crippen LogP contribution in [0.1, 0.15) is 46.9 Å². The van der Waals surface area contributed by atoms with E-state index >= 15 is 0 Å². The summed E-state index contributed by atoms with van der Waals surface area (Å²) in [6.07, 6.45) is 3.56. The van der Waals surface area contributed by atoms with Crippen LogP contribution in [0, 0.1) is 6.92 Å². The van der Waals surface area contributed by atoms with E-state index in [-0.39, 0.29) is 17.0 Å². The monoisotopic (exact) mass is 430 g/mol. The van der Waals surface area contributed by atoms with Crippen molar-refractivity contribution in [2.45, 2.75) is 33.2 Å². The van der Waals surface area contributed by atoms with Crippen LogP contribution in [0.3, 0.4) is 0 Å². The van der Waals surface area contributed by atoms with Gasteiger partial charge in [-0.1, -0.05) is 32.0 Å². The summed E-state index contributed by atoms with van der Waals surface area (Å²) in [6.45, 7) is 9.58. The Morgan fingerprint density at radius 3 is 2.50 bits per heavy atom. The van der Waals surface area contributed by atoms with Crippen molar-refractivity contribution in [3.8, 4) is 5.69 Å². The molecule has 1 aromatic carbocycles. The minimum Gasteiger partial charge on any atom is -0.336 e. The van der Waals surface area contributed by atoms with Gasteiger partial charge in [0.15, 0.2) is 0 Å². The van der Waals surface area contributed by atoms with Crippen molar-refractivity contribution in [1.82, 2.24) is 19.4 Å². The fourth-order valence-corrected chi connectivity index (χ4v) is 4.11. The summed E-state index contributed by atoms with van der Waals surface area (Å²) in [5.41, 5.74) is 3.69. The fraction of sp³-hybridized carbons (Fsp3) is 0.346. The van der Waals surface area contributed by atoms with E-state index in [4.69, 9.17) is 0 Å². The van der Waals surface area contributed by atoms with Crippen LogP contribution in [0.15, 0.2) is 65.7 Å². The molecule has 1 aliphatic rings. The van der Waals surface area contributed by atoms with Crippen molar-refractivity contribution in [1.29, 1.82) is 0 Å². The van der Waals surface area contributed by atoms with Crippen molar-refractivity contribution in [2.75, 3.05) is 26.2 Å². The molecule has 6 heteroatoms. The molecule has 6 nitrogen and oxygen atoms in total. The van der Waals surface area contributed by atoms with Crippen molar-refractivity contribution in [3.05, 3.63) is 93.7 Å². The third-order valence-electron chi connectivity index (χ3n) is 6.10. The molecule has 3 heterocycles. The largest absolute Gasteiger partial charge is 0.336 e. The second-order valence-electron chi connectivity index (χ2n) is 8.69. The Morgan fingerprint density at radius 1 is 1.03 bits per heavy atom. The molecule has 166 valence electrons. The molecule has 0 radical (unpaired) electrons. The molecule has 0 bridgehead atoms. The van der Waals surface area contributed by atoms with Gasteiger partial charge in [0.25, 0.3) is 11.5 Å². The van der Waals surface area contributed by atoms with E-state index in [1.165, 1.54) is 0 Å². The zero-order valence-corrected chi connectivity index (χ0v) is 19.0. The normalized spacial score (nSPS) is 14.7. The lowest BCUT2D eigenvalue weighted by atomic mass is 10.0. The lowest BCUT2D eigenvalue weighted by molar-refractivity contribution is 0.0624. The van der Waals surface area contributed by atoms with Crippen LogP contribution in [-0.2, 0) is 6.54 Å². The molecule has 0 aliphatic carbocycles. The fourth-order valence-electron chi connectivity index (χ4n) is 4.11. The van der Waals surface area contributed by atoms with Gasteiger partial charge in [-0.3, -0.25) is 24.0 Å². The molecular formula is C26H30N4O2. The summed E-state index contributed by atoms with van der Waals surface area (Å²) in [7, 11) is 0. The number of piperazine rings is 1. The highest BCUT2D eigenvalue weighted by Crippen LogP contribution is 2.18. The van der Waals surface area contributed by atoms with Gasteiger partial charge < -0.3 is 4.90 Å². The Balaban J connectivity index is 1.53. The van der Waals surface area contributed by atoms with E-state index in [0.29, 0.717) is 24.6 Å². The van der Waals surface area contributed by atoms with E-state index in [1.807, 2.05) is 49.4 Å². The molecule has 1 fully saturated rings. The summed E-state index contributed by atoms with van der Waals surface area (Å²) < 4.78 is 1.59. The number of rotatable bonds is 5. The maximum absolute atomic E-state index is 13.4. The van der Waals surface area contributed by atoms with E-state index in [2.05, 4.69) is 29.8 Å². The molecule has 4 rings (SSSR count). The summed E-state index contributed by atoms with van der Waals surface area (Å²) in [5, 5.41) is 0. The van der Waals surface area contributed by atoms with Gasteiger partial charge in [-0.2, -0.15) is 0 Å². The average Bonchev–Trinajstić information content (AvgIpc) is 2.80. The van der Waals surface area contributed by atoms with Gasteiger partial charge in [-0.15, -0.1) is 0 Å². The molecule has 0 spiro atoms. The summed E-state index contributed by atoms with van der Waals surface area (Å²) >= 11 is 0. The Labute approximate surface area is 189 Å². The van der Waals surface area contributed by atoms with Crippen LogP contribution >= 0.6 is 0 Å². The van der Waals surface area contributed by atoms with Crippen LogP contribution < -0.4 is 5.56 Å². The molecule has 0 N–H and O–H groups in total. The van der Waals surface area contributed by atoms with E-state index < -0.39 is 0 Å². The third-order valence-corrected chi connectivity index (χ3v) is 6.10. The summed E-state index contributed by atoms with van der Waals surface area (Å²) in [4.78, 5) is 35.2. The molecule has 0 unspecified atom stereocenters. The molecule has 1 saturated heterocycles. The minimum absolute atomic E-state index is 0.181. The van der Waals surface area contributed by atoms with Gasteiger partial charge >= 0.3 is 0 Å². The van der Waals surface area contributed by atoms with Gasteiger partial charge in [0.1, 0.15) is 5.56 Å². The average molecular weight is 431 g/mol. The number of carbonyl (C=O) groups is 1. The second kappa shape index (κ2) is 9.49. The van der Waals surface area contributed by atoms with Crippen molar-refractivity contribution in [2.24, 2.45) is 0 Å². The van der Waals surface area contributed by atoms with E-state index in [1.54, 1.807) is 21.9 Å². The van der Waals surface area contributed by atoms with Gasteiger partial charge in [0.2, 0.25) is 0 Å². The number of hydrogen-bond acceptors (Lipinski definition) is 4. The number of hydrogen-bond donors (Lipinski definition) is 0. The smallest absolute Gasteiger partial charge is 0.268 e. The van der Waals surface area contributed by atoms with E-state index in [0.717, 1.165) is 36.6 Å². The molecule has 1 amide bonds. The minimum atomic E-state index is -0.258. The zero-order valence-electron chi connectivity index (χ0n) is 19.0. The first-order chi connectivity index (χ1) is 15.4. The Bertz CT molecular complexity index is 1150. The van der Waals surface area contributed by atoms with Crippen LogP contribution in [0.5, 0.6) is 0 Å². The van der Waals surface area contributed by atoms with Gasteiger partial charge in [0, 0.05) is 50.8 Å². The lowest BCUT2D eigenvalue weighted by Crippen LogP contribution is -2.49. The number of nitrogens with zero attached hydrogens (tertiary/aromatic N) is 4. The van der Waals surface area contributed by atoms with Crippen molar-refractivity contribution >= 4 is 5.91 Å². The summed E-state index contributed by atoms with van der Waals surface area (Å²) in [6, 6.07) is 15.7. The topological polar surface area (TPSA) is 58.4 Å². The predicted octanol–water partition coefficient (Wildman–Crippen LogP) is 3.62.